The van der Waals surface area contributed by atoms with Gasteiger partial charge in [-0.3, -0.25) is 19.3 Å². The Balaban J connectivity index is 1.86. The highest BCUT2D eigenvalue weighted by Gasteiger charge is 2.53. The number of carbonyl (C=O) groups is 4. The van der Waals surface area contributed by atoms with E-state index in [0.29, 0.717) is 37.4 Å². The molecule has 0 aliphatic carbocycles. The Labute approximate surface area is 242 Å². The molecule has 41 heavy (non-hydrogen) atoms. The lowest BCUT2D eigenvalue weighted by Crippen LogP contribution is -2.48. The molecule has 2 atom stereocenters. The first-order valence-electron chi connectivity index (χ1n) is 14.0. The molecule has 10 heteroatoms. The highest BCUT2D eigenvalue weighted by Crippen LogP contribution is 2.34. The van der Waals surface area contributed by atoms with Gasteiger partial charge in [0.05, 0.1) is 31.9 Å². The van der Waals surface area contributed by atoms with Crippen molar-refractivity contribution in [2.45, 2.75) is 71.6 Å². The quantitative estimate of drug-likeness (QED) is 0.185. The lowest BCUT2D eigenvalue weighted by molar-refractivity contribution is -0.144. The monoisotopic (exact) mass is 566 g/mol. The number of benzene rings is 2. The zero-order chi connectivity index (χ0) is 30.2. The molecular formula is C31H42N4O6. The van der Waals surface area contributed by atoms with Crippen LogP contribution in [0.25, 0.3) is 0 Å². The van der Waals surface area contributed by atoms with E-state index in [0.717, 1.165) is 11.1 Å². The fourth-order valence-electron chi connectivity index (χ4n) is 5.14. The number of hydrogen-bond acceptors (Lipinski definition) is 7. The predicted molar refractivity (Wildman–Crippen MR) is 156 cm³/mol. The summed E-state index contributed by atoms with van der Waals surface area (Å²) in [6, 6.07) is 13.7. The van der Waals surface area contributed by atoms with Crippen LogP contribution in [-0.4, -0.2) is 66.0 Å². The summed E-state index contributed by atoms with van der Waals surface area (Å²) in [4.78, 5) is 53.9. The van der Waals surface area contributed by atoms with Crippen molar-refractivity contribution in [1.29, 1.82) is 0 Å². The summed E-state index contributed by atoms with van der Waals surface area (Å²) in [6.45, 7) is 10.2. The van der Waals surface area contributed by atoms with Gasteiger partial charge in [-0.15, -0.1) is 0 Å². The van der Waals surface area contributed by atoms with Crippen LogP contribution in [0.15, 0.2) is 48.5 Å². The molecule has 2 aromatic carbocycles. The third-order valence-electron chi connectivity index (χ3n) is 7.26. The standard InChI is InChI=1S/C31H42N4O6/c1-7-41-28(37)17-26(23-11-9-8-10-12-23)32-18-24(15-21(2)3)35-29(38)31(4,5)34(30(35)39)19-22-13-14-25(33-20-36)27(16-22)40-6/h8-14,16,20-21,24,26,32H,7,15,17-19H2,1-6H3,(H,33,36). The normalized spacial score (nSPS) is 16.1. The smallest absolute Gasteiger partial charge is 0.328 e. The fraction of sp³-hybridized carbons (Fsp3) is 0.484. The number of anilines is 1. The molecule has 4 amide bonds. The van der Waals surface area contributed by atoms with E-state index in [1.54, 1.807) is 43.9 Å². The minimum Gasteiger partial charge on any atom is -0.495 e. The second-order valence-corrected chi connectivity index (χ2v) is 11.1. The van der Waals surface area contributed by atoms with Gasteiger partial charge >= 0.3 is 12.0 Å². The van der Waals surface area contributed by atoms with E-state index in [4.69, 9.17) is 9.47 Å². The first kappa shape index (κ1) is 31.6. The van der Waals surface area contributed by atoms with Crippen molar-refractivity contribution in [2.75, 3.05) is 25.6 Å². The molecule has 0 bridgehead atoms. The Hall–Kier alpha value is -3.92. The molecule has 1 aliphatic heterocycles. The number of rotatable bonds is 15. The average molecular weight is 567 g/mol. The van der Waals surface area contributed by atoms with Crippen LogP contribution >= 0.6 is 0 Å². The van der Waals surface area contributed by atoms with E-state index in [2.05, 4.69) is 24.5 Å². The minimum absolute atomic E-state index is 0.128. The number of amides is 4. The highest BCUT2D eigenvalue weighted by molar-refractivity contribution is 6.06. The van der Waals surface area contributed by atoms with Crippen LogP contribution in [0.2, 0.25) is 0 Å². The van der Waals surface area contributed by atoms with E-state index in [-0.39, 0.29) is 42.8 Å². The molecule has 2 unspecified atom stereocenters. The summed E-state index contributed by atoms with van der Waals surface area (Å²) in [5.74, 6) is 0.0714. The summed E-state index contributed by atoms with van der Waals surface area (Å²) in [5.41, 5.74) is 1.11. The second-order valence-electron chi connectivity index (χ2n) is 11.1. The molecule has 3 rings (SSSR count). The van der Waals surface area contributed by atoms with Gasteiger partial charge in [-0.25, -0.2) is 4.79 Å². The number of hydrogen-bond donors (Lipinski definition) is 2. The van der Waals surface area contributed by atoms with E-state index in [1.165, 1.54) is 12.0 Å². The van der Waals surface area contributed by atoms with Crippen molar-refractivity contribution in [3.8, 4) is 5.75 Å². The van der Waals surface area contributed by atoms with Gasteiger partial charge in [0.25, 0.3) is 5.91 Å². The van der Waals surface area contributed by atoms with Crippen LogP contribution in [-0.2, 0) is 25.7 Å². The van der Waals surface area contributed by atoms with Gasteiger partial charge in [0, 0.05) is 19.1 Å². The number of urea groups is 1. The highest BCUT2D eigenvalue weighted by atomic mass is 16.5. The lowest BCUT2D eigenvalue weighted by atomic mass is 9.98. The minimum atomic E-state index is -1.08. The van der Waals surface area contributed by atoms with Gasteiger partial charge in [0.2, 0.25) is 6.41 Å². The summed E-state index contributed by atoms with van der Waals surface area (Å²) in [7, 11) is 1.50. The Morgan fingerprint density at radius 1 is 1.10 bits per heavy atom. The first-order chi connectivity index (χ1) is 19.5. The SMILES string of the molecule is CCOC(=O)CC(NCC(CC(C)C)N1C(=O)N(Cc2ccc(NC=O)c(OC)c2)C(C)(C)C1=O)c1ccccc1. The fourth-order valence-corrected chi connectivity index (χ4v) is 5.14. The van der Waals surface area contributed by atoms with Crippen molar-refractivity contribution in [1.82, 2.24) is 15.1 Å². The third-order valence-corrected chi connectivity index (χ3v) is 7.26. The van der Waals surface area contributed by atoms with Crippen LogP contribution in [0.4, 0.5) is 10.5 Å². The number of esters is 1. The van der Waals surface area contributed by atoms with Crippen molar-refractivity contribution < 1.29 is 28.7 Å². The van der Waals surface area contributed by atoms with Gasteiger partial charge in [0.1, 0.15) is 11.3 Å². The van der Waals surface area contributed by atoms with Crippen LogP contribution in [0, 0.1) is 5.92 Å². The molecule has 0 aromatic heterocycles. The average Bonchev–Trinajstić information content (AvgIpc) is 3.10. The van der Waals surface area contributed by atoms with Crippen molar-refractivity contribution in [3.63, 3.8) is 0 Å². The molecule has 0 spiro atoms. The van der Waals surface area contributed by atoms with Gasteiger partial charge in [-0.05, 0) is 56.4 Å². The lowest BCUT2D eigenvalue weighted by Gasteiger charge is -2.30. The molecule has 10 nitrogen and oxygen atoms in total. The predicted octanol–water partition coefficient (Wildman–Crippen LogP) is 4.51. The molecule has 2 aromatic rings. The zero-order valence-electron chi connectivity index (χ0n) is 24.8. The Kier molecular flexibility index (Phi) is 10.9. The number of nitrogens with zero attached hydrogens (tertiary/aromatic N) is 2. The van der Waals surface area contributed by atoms with Crippen molar-refractivity contribution in [2.24, 2.45) is 5.92 Å². The van der Waals surface area contributed by atoms with Gasteiger partial charge in [-0.2, -0.15) is 0 Å². The first-order valence-corrected chi connectivity index (χ1v) is 14.0. The van der Waals surface area contributed by atoms with E-state index in [9.17, 15) is 19.2 Å². The summed E-state index contributed by atoms with van der Waals surface area (Å²) >= 11 is 0. The number of nitrogens with one attached hydrogen (secondary N) is 2. The third kappa shape index (κ3) is 7.64. The molecule has 1 heterocycles. The largest absolute Gasteiger partial charge is 0.495 e. The molecule has 0 saturated carbocycles. The van der Waals surface area contributed by atoms with Gasteiger partial charge in [-0.1, -0.05) is 50.2 Å². The van der Waals surface area contributed by atoms with E-state index < -0.39 is 11.6 Å². The Morgan fingerprint density at radius 2 is 1.80 bits per heavy atom. The van der Waals surface area contributed by atoms with Gasteiger partial charge < -0.3 is 25.0 Å². The number of ether oxygens (including phenoxy) is 2. The number of imide groups is 1. The maximum absolute atomic E-state index is 13.9. The molecular weight excluding hydrogens is 524 g/mol. The molecule has 222 valence electrons. The summed E-state index contributed by atoms with van der Waals surface area (Å²) in [6.07, 6.45) is 1.29. The van der Waals surface area contributed by atoms with Crippen LogP contribution in [0.3, 0.4) is 0 Å². The second kappa shape index (κ2) is 14.1. The maximum atomic E-state index is 13.9. The molecule has 2 N–H and O–H groups in total. The van der Waals surface area contributed by atoms with Gasteiger partial charge in [0.15, 0.2) is 0 Å². The number of methoxy groups -OCH3 is 1. The molecule has 1 fully saturated rings. The van der Waals surface area contributed by atoms with E-state index in [1.807, 2.05) is 30.3 Å². The number of carbonyl (C=O) groups excluding carboxylic acids is 4. The van der Waals surface area contributed by atoms with Crippen LogP contribution in [0.1, 0.15) is 64.6 Å². The molecule has 1 aliphatic rings. The summed E-state index contributed by atoms with van der Waals surface area (Å²) < 4.78 is 10.6. The van der Waals surface area contributed by atoms with E-state index >= 15 is 0 Å². The summed E-state index contributed by atoms with van der Waals surface area (Å²) in [5, 5.41) is 6.05. The van der Waals surface area contributed by atoms with Crippen LogP contribution in [0.5, 0.6) is 5.75 Å². The maximum Gasteiger partial charge on any atom is 0.328 e. The van der Waals surface area contributed by atoms with Crippen molar-refractivity contribution in [3.05, 3.63) is 59.7 Å². The molecule has 1 saturated heterocycles. The van der Waals surface area contributed by atoms with Crippen LogP contribution < -0.4 is 15.4 Å². The Morgan fingerprint density at radius 3 is 2.41 bits per heavy atom. The van der Waals surface area contributed by atoms with Crippen molar-refractivity contribution >= 4 is 30.0 Å². The molecule has 0 radical (unpaired) electrons. The zero-order valence-corrected chi connectivity index (χ0v) is 24.8. The topological polar surface area (TPSA) is 117 Å². The Bertz CT molecular complexity index is 1220.